The van der Waals surface area contributed by atoms with E-state index in [4.69, 9.17) is 9.51 Å². The number of nitrogens with one attached hydrogen (secondary N) is 1. The number of hydrogen-bond donors (Lipinski definition) is 1. The van der Waals surface area contributed by atoms with E-state index < -0.39 is 0 Å². The lowest BCUT2D eigenvalue weighted by atomic mass is 9.70. The zero-order valence-corrected chi connectivity index (χ0v) is 13.7. The van der Waals surface area contributed by atoms with Gasteiger partial charge in [0.15, 0.2) is 5.82 Å². The molecule has 0 radical (unpaired) electrons. The van der Waals surface area contributed by atoms with Gasteiger partial charge >= 0.3 is 0 Å². The second-order valence-corrected chi connectivity index (χ2v) is 7.91. The highest BCUT2D eigenvalue weighted by Crippen LogP contribution is 2.42. The van der Waals surface area contributed by atoms with E-state index in [-0.39, 0.29) is 6.04 Å². The third-order valence-electron chi connectivity index (χ3n) is 5.38. The van der Waals surface area contributed by atoms with Crippen molar-refractivity contribution in [1.82, 2.24) is 15.5 Å². The molecule has 0 bridgehead atoms. The highest BCUT2D eigenvalue weighted by Gasteiger charge is 2.32. The molecule has 3 rings (SSSR count). The molecule has 1 aliphatic carbocycles. The Morgan fingerprint density at radius 2 is 1.81 bits per heavy atom. The molecule has 118 valence electrons. The van der Waals surface area contributed by atoms with Crippen molar-refractivity contribution in [2.24, 2.45) is 11.3 Å². The van der Waals surface area contributed by atoms with E-state index in [0.717, 1.165) is 30.6 Å². The first-order valence-corrected chi connectivity index (χ1v) is 8.61. The fourth-order valence-electron chi connectivity index (χ4n) is 3.83. The van der Waals surface area contributed by atoms with Gasteiger partial charge in [0.05, 0.1) is 6.04 Å². The van der Waals surface area contributed by atoms with E-state index in [0.29, 0.717) is 11.3 Å². The zero-order valence-electron chi connectivity index (χ0n) is 13.7. The molecule has 0 spiro atoms. The van der Waals surface area contributed by atoms with E-state index in [1.165, 1.54) is 38.5 Å². The van der Waals surface area contributed by atoms with Gasteiger partial charge in [-0.3, -0.25) is 0 Å². The van der Waals surface area contributed by atoms with Gasteiger partial charge in [-0.25, -0.2) is 0 Å². The molecule has 21 heavy (non-hydrogen) atoms. The van der Waals surface area contributed by atoms with Crippen molar-refractivity contribution in [3.8, 4) is 0 Å². The molecule has 1 saturated heterocycles. The monoisotopic (exact) mass is 291 g/mol. The molecular formula is C17H29N3O. The summed E-state index contributed by atoms with van der Waals surface area (Å²) in [6.45, 7) is 8.15. The maximum Gasteiger partial charge on any atom is 0.243 e. The normalized spacial score (nSPS) is 31.3. The molecule has 1 saturated carbocycles. The maximum absolute atomic E-state index is 5.53. The molecule has 0 amide bonds. The van der Waals surface area contributed by atoms with Crippen LogP contribution in [0.15, 0.2) is 4.52 Å². The SMILES string of the molecule is CC(C)(C)C1CCC(c2noc(C3CCCCN3)n2)CC1. The lowest BCUT2D eigenvalue weighted by Crippen LogP contribution is -2.27. The third kappa shape index (κ3) is 3.47. The van der Waals surface area contributed by atoms with Crippen LogP contribution >= 0.6 is 0 Å². The van der Waals surface area contributed by atoms with Crippen molar-refractivity contribution in [2.45, 2.75) is 77.7 Å². The molecule has 4 nitrogen and oxygen atoms in total. The molecule has 1 aliphatic heterocycles. The van der Waals surface area contributed by atoms with Crippen molar-refractivity contribution < 1.29 is 4.52 Å². The van der Waals surface area contributed by atoms with Crippen LogP contribution in [0.4, 0.5) is 0 Å². The minimum atomic E-state index is 0.283. The van der Waals surface area contributed by atoms with Crippen LogP contribution in [0.2, 0.25) is 0 Å². The van der Waals surface area contributed by atoms with E-state index in [1.807, 2.05) is 0 Å². The number of aromatic nitrogens is 2. The predicted octanol–water partition coefficient (Wildman–Crippen LogP) is 4.20. The second kappa shape index (κ2) is 6.07. The van der Waals surface area contributed by atoms with Crippen LogP contribution in [0.3, 0.4) is 0 Å². The largest absolute Gasteiger partial charge is 0.338 e. The Morgan fingerprint density at radius 3 is 2.43 bits per heavy atom. The Kier molecular flexibility index (Phi) is 4.34. The van der Waals surface area contributed by atoms with Gasteiger partial charge in [0, 0.05) is 5.92 Å². The molecule has 2 heterocycles. The Hall–Kier alpha value is -0.900. The Morgan fingerprint density at radius 1 is 1.05 bits per heavy atom. The summed E-state index contributed by atoms with van der Waals surface area (Å²) in [4.78, 5) is 4.70. The Labute approximate surface area is 128 Å². The van der Waals surface area contributed by atoms with Crippen LogP contribution in [0.1, 0.15) is 89.4 Å². The molecule has 1 atom stereocenters. The molecule has 1 aromatic rings. The van der Waals surface area contributed by atoms with Crippen LogP contribution in [0.5, 0.6) is 0 Å². The van der Waals surface area contributed by atoms with Crippen molar-refractivity contribution in [2.75, 3.05) is 6.54 Å². The minimum Gasteiger partial charge on any atom is -0.338 e. The lowest BCUT2D eigenvalue weighted by Gasteiger charge is -2.36. The number of nitrogens with zero attached hydrogens (tertiary/aromatic N) is 2. The van der Waals surface area contributed by atoms with Gasteiger partial charge in [-0.1, -0.05) is 32.3 Å². The Balaban J connectivity index is 1.60. The van der Waals surface area contributed by atoms with E-state index >= 15 is 0 Å². The molecule has 4 heteroatoms. The van der Waals surface area contributed by atoms with Gasteiger partial charge in [0.2, 0.25) is 5.89 Å². The highest BCUT2D eigenvalue weighted by atomic mass is 16.5. The number of hydrogen-bond acceptors (Lipinski definition) is 4. The average molecular weight is 291 g/mol. The van der Waals surface area contributed by atoms with Crippen molar-refractivity contribution in [1.29, 1.82) is 0 Å². The summed E-state index contributed by atoms with van der Waals surface area (Å²) in [7, 11) is 0. The molecule has 1 N–H and O–H groups in total. The summed E-state index contributed by atoms with van der Waals surface area (Å²) >= 11 is 0. The molecule has 1 unspecified atom stereocenters. The maximum atomic E-state index is 5.53. The van der Waals surface area contributed by atoms with E-state index in [9.17, 15) is 0 Å². The molecule has 1 aromatic heterocycles. The smallest absolute Gasteiger partial charge is 0.243 e. The van der Waals surface area contributed by atoms with Gasteiger partial charge in [-0.05, 0) is 56.4 Å². The van der Waals surface area contributed by atoms with Gasteiger partial charge in [-0.15, -0.1) is 0 Å². The topological polar surface area (TPSA) is 51.0 Å². The summed E-state index contributed by atoms with van der Waals surface area (Å²) < 4.78 is 5.53. The lowest BCUT2D eigenvalue weighted by molar-refractivity contribution is 0.166. The van der Waals surface area contributed by atoms with Crippen LogP contribution in [0.25, 0.3) is 0 Å². The Bertz CT molecular complexity index is 449. The fourth-order valence-corrected chi connectivity index (χ4v) is 3.83. The first-order chi connectivity index (χ1) is 10.0. The highest BCUT2D eigenvalue weighted by molar-refractivity contribution is 5.01. The summed E-state index contributed by atoms with van der Waals surface area (Å²) in [6, 6.07) is 0.283. The van der Waals surface area contributed by atoms with Crippen LogP contribution in [-0.4, -0.2) is 16.7 Å². The minimum absolute atomic E-state index is 0.283. The van der Waals surface area contributed by atoms with Crippen LogP contribution < -0.4 is 5.32 Å². The average Bonchev–Trinajstić information content (AvgIpc) is 2.97. The van der Waals surface area contributed by atoms with Gasteiger partial charge in [-0.2, -0.15) is 4.98 Å². The van der Waals surface area contributed by atoms with Crippen molar-refractivity contribution >= 4 is 0 Å². The van der Waals surface area contributed by atoms with Crippen LogP contribution in [-0.2, 0) is 0 Å². The number of rotatable bonds is 2. The van der Waals surface area contributed by atoms with Gasteiger partial charge < -0.3 is 9.84 Å². The molecular weight excluding hydrogens is 262 g/mol. The quantitative estimate of drug-likeness (QED) is 0.887. The van der Waals surface area contributed by atoms with E-state index in [1.54, 1.807) is 0 Å². The molecule has 2 aliphatic rings. The first kappa shape index (κ1) is 15.0. The summed E-state index contributed by atoms with van der Waals surface area (Å²) in [6.07, 6.45) is 8.64. The third-order valence-corrected chi connectivity index (χ3v) is 5.38. The molecule has 2 fully saturated rings. The summed E-state index contributed by atoms with van der Waals surface area (Å²) in [5, 5.41) is 7.76. The van der Waals surface area contributed by atoms with E-state index in [2.05, 4.69) is 31.2 Å². The second-order valence-electron chi connectivity index (χ2n) is 7.91. The van der Waals surface area contributed by atoms with Gasteiger partial charge in [0.25, 0.3) is 0 Å². The summed E-state index contributed by atoms with van der Waals surface area (Å²) in [5.41, 5.74) is 0.430. The van der Waals surface area contributed by atoms with Crippen molar-refractivity contribution in [3.05, 3.63) is 11.7 Å². The van der Waals surface area contributed by atoms with Crippen molar-refractivity contribution in [3.63, 3.8) is 0 Å². The standard InChI is InChI=1S/C17H29N3O/c1-17(2,3)13-9-7-12(8-10-13)15-19-16(21-20-15)14-6-4-5-11-18-14/h12-14,18H,4-11H2,1-3H3. The first-order valence-electron chi connectivity index (χ1n) is 8.61. The summed E-state index contributed by atoms with van der Waals surface area (Å²) in [5.74, 6) is 3.09. The zero-order chi connectivity index (χ0) is 14.9. The fraction of sp³-hybridized carbons (Fsp3) is 0.882. The number of piperidine rings is 1. The molecule has 0 aromatic carbocycles. The van der Waals surface area contributed by atoms with Gasteiger partial charge in [0.1, 0.15) is 0 Å². The van der Waals surface area contributed by atoms with Crippen LogP contribution in [0, 0.1) is 11.3 Å². The predicted molar refractivity (Wildman–Crippen MR) is 83.0 cm³/mol.